The molecule has 2 N–H and O–H groups in total. The van der Waals surface area contributed by atoms with Crippen LogP contribution >= 0.6 is 11.8 Å². The van der Waals surface area contributed by atoms with Gasteiger partial charge in [0.25, 0.3) is 5.91 Å². The quantitative estimate of drug-likeness (QED) is 0.483. The lowest BCUT2D eigenvalue weighted by Gasteiger charge is -2.12. The molecule has 3 aromatic rings. The van der Waals surface area contributed by atoms with E-state index in [-0.39, 0.29) is 28.7 Å². The van der Waals surface area contributed by atoms with Gasteiger partial charge in [-0.15, -0.1) is 10.2 Å². The van der Waals surface area contributed by atoms with Gasteiger partial charge in [0.1, 0.15) is 6.54 Å². The molecule has 8 nitrogen and oxygen atoms in total. The normalized spacial score (nSPS) is 13.5. The van der Waals surface area contributed by atoms with Gasteiger partial charge in [-0.1, -0.05) is 17.8 Å². The van der Waals surface area contributed by atoms with E-state index in [1.165, 1.54) is 24.5 Å². The number of thioether (sulfide) groups is 1. The Morgan fingerprint density at radius 3 is 2.58 bits per heavy atom. The van der Waals surface area contributed by atoms with E-state index in [0.29, 0.717) is 16.8 Å². The van der Waals surface area contributed by atoms with Crippen LogP contribution in [0, 0.1) is 0 Å². The van der Waals surface area contributed by atoms with Gasteiger partial charge in [0.15, 0.2) is 11.0 Å². The number of alkyl halides is 3. The van der Waals surface area contributed by atoms with Crippen molar-refractivity contribution < 1.29 is 22.8 Å². The Morgan fingerprint density at radius 2 is 1.88 bits per heavy atom. The first-order chi connectivity index (χ1) is 15.8. The fourth-order valence-corrected chi connectivity index (χ4v) is 3.73. The van der Waals surface area contributed by atoms with Crippen LogP contribution in [0.1, 0.15) is 23.2 Å². The summed E-state index contributed by atoms with van der Waals surface area (Å²) in [6, 6.07) is 9.74. The minimum absolute atomic E-state index is 0.0343. The predicted molar refractivity (Wildman–Crippen MR) is 116 cm³/mol. The predicted octanol–water partition coefficient (Wildman–Crippen LogP) is 3.53. The minimum atomic E-state index is -4.50. The minimum Gasteiger partial charge on any atom is -0.349 e. The zero-order valence-corrected chi connectivity index (χ0v) is 18.0. The van der Waals surface area contributed by atoms with Gasteiger partial charge in [0.05, 0.1) is 5.75 Å². The molecule has 2 amide bonds. The molecule has 0 atom stereocenters. The number of nitrogens with one attached hydrogen (secondary N) is 2. The number of hydrogen-bond donors (Lipinski definition) is 2. The number of halogens is 3. The third-order valence-corrected chi connectivity index (χ3v) is 5.61. The average Bonchev–Trinajstić information content (AvgIpc) is 3.51. The summed E-state index contributed by atoms with van der Waals surface area (Å²) in [6.45, 7) is -1.29. The molecule has 0 bridgehead atoms. The highest BCUT2D eigenvalue weighted by atomic mass is 32.2. The van der Waals surface area contributed by atoms with Crippen molar-refractivity contribution in [2.45, 2.75) is 36.8 Å². The lowest BCUT2D eigenvalue weighted by atomic mass is 10.2. The molecule has 0 aliphatic heterocycles. The number of hydrogen-bond acceptors (Lipinski definition) is 6. The number of anilines is 1. The van der Waals surface area contributed by atoms with Crippen molar-refractivity contribution >= 4 is 29.3 Å². The van der Waals surface area contributed by atoms with Crippen molar-refractivity contribution in [2.75, 3.05) is 11.1 Å². The van der Waals surface area contributed by atoms with Crippen LogP contribution in [0.15, 0.2) is 53.9 Å². The third kappa shape index (κ3) is 6.31. The molecule has 2 heterocycles. The summed E-state index contributed by atoms with van der Waals surface area (Å²) in [7, 11) is 0. The van der Waals surface area contributed by atoms with Crippen LogP contribution in [0.2, 0.25) is 0 Å². The summed E-state index contributed by atoms with van der Waals surface area (Å²) in [5.41, 5.74) is 1.26. The lowest BCUT2D eigenvalue weighted by Crippen LogP contribution is -2.25. The number of carbonyl (C=O) groups is 2. The van der Waals surface area contributed by atoms with E-state index in [4.69, 9.17) is 0 Å². The van der Waals surface area contributed by atoms with E-state index in [1.807, 2.05) is 0 Å². The van der Waals surface area contributed by atoms with Crippen LogP contribution in [0.25, 0.3) is 11.4 Å². The Kier molecular flexibility index (Phi) is 6.63. The van der Waals surface area contributed by atoms with E-state index < -0.39 is 18.6 Å². The lowest BCUT2D eigenvalue weighted by molar-refractivity contribution is -0.141. The second kappa shape index (κ2) is 9.61. The Morgan fingerprint density at radius 1 is 1.12 bits per heavy atom. The van der Waals surface area contributed by atoms with Crippen molar-refractivity contribution in [3.8, 4) is 11.4 Å². The van der Waals surface area contributed by atoms with Gasteiger partial charge in [0.2, 0.25) is 5.91 Å². The molecule has 1 saturated carbocycles. The first kappa shape index (κ1) is 22.8. The Labute approximate surface area is 191 Å². The fourth-order valence-electron chi connectivity index (χ4n) is 2.99. The second-order valence-electron chi connectivity index (χ2n) is 7.41. The van der Waals surface area contributed by atoms with E-state index in [0.717, 1.165) is 29.2 Å². The summed E-state index contributed by atoms with van der Waals surface area (Å²) in [5, 5.41) is 13.2. The Hall–Kier alpha value is -3.41. The molecule has 2 aromatic heterocycles. The first-order valence-electron chi connectivity index (χ1n) is 10.0. The number of pyridine rings is 1. The van der Waals surface area contributed by atoms with Crippen LogP contribution in [-0.4, -0.2) is 49.5 Å². The highest BCUT2D eigenvalue weighted by Gasteiger charge is 2.31. The summed E-state index contributed by atoms with van der Waals surface area (Å²) in [4.78, 5) is 28.4. The molecule has 1 aliphatic carbocycles. The van der Waals surface area contributed by atoms with Crippen LogP contribution in [0.4, 0.5) is 18.9 Å². The maximum atomic E-state index is 13.2. The Balaban J connectivity index is 1.43. The number of carbonyl (C=O) groups excluding carboxylic acids is 2. The van der Waals surface area contributed by atoms with Crippen molar-refractivity contribution in [1.82, 2.24) is 25.1 Å². The summed E-state index contributed by atoms with van der Waals surface area (Å²) >= 11 is 0.840. The fraction of sp³-hybridized carbons (Fsp3) is 0.286. The Bertz CT molecular complexity index is 1150. The number of nitrogens with zero attached hydrogens (tertiary/aromatic N) is 4. The van der Waals surface area contributed by atoms with Gasteiger partial charge in [-0.3, -0.25) is 19.1 Å². The molecule has 1 aliphatic rings. The topological polar surface area (TPSA) is 102 Å². The first-order valence-corrected chi connectivity index (χ1v) is 11.0. The average molecular weight is 476 g/mol. The van der Waals surface area contributed by atoms with Gasteiger partial charge in [-0.25, -0.2) is 0 Å². The maximum absolute atomic E-state index is 13.2. The molecule has 0 spiro atoms. The van der Waals surface area contributed by atoms with E-state index >= 15 is 0 Å². The highest BCUT2D eigenvalue weighted by molar-refractivity contribution is 7.99. The van der Waals surface area contributed by atoms with E-state index in [1.54, 1.807) is 24.3 Å². The maximum Gasteiger partial charge on any atom is 0.406 e. The summed E-state index contributed by atoms with van der Waals surface area (Å²) in [5.74, 6) is -0.823. The highest BCUT2D eigenvalue weighted by Crippen LogP contribution is 2.28. The van der Waals surface area contributed by atoms with Gasteiger partial charge in [-0.05, 0) is 43.2 Å². The van der Waals surface area contributed by atoms with Gasteiger partial charge < -0.3 is 10.6 Å². The van der Waals surface area contributed by atoms with Crippen LogP contribution in [-0.2, 0) is 11.3 Å². The molecule has 0 unspecified atom stereocenters. The third-order valence-electron chi connectivity index (χ3n) is 4.65. The SMILES string of the molecule is O=C(CSc1nnc(-c2ccncc2)n1CC(F)(F)F)Nc1cccc(C(=O)NC2CC2)c1. The largest absolute Gasteiger partial charge is 0.406 e. The molecule has 0 saturated heterocycles. The number of aromatic nitrogens is 4. The van der Waals surface area contributed by atoms with Gasteiger partial charge in [-0.2, -0.15) is 13.2 Å². The molecule has 172 valence electrons. The number of rotatable bonds is 8. The zero-order chi connectivity index (χ0) is 23.4. The van der Waals surface area contributed by atoms with Crippen LogP contribution in [0.5, 0.6) is 0 Å². The van der Waals surface area contributed by atoms with E-state index in [9.17, 15) is 22.8 Å². The molecule has 0 radical (unpaired) electrons. The molecule has 1 fully saturated rings. The van der Waals surface area contributed by atoms with Crippen LogP contribution < -0.4 is 10.6 Å². The van der Waals surface area contributed by atoms with Gasteiger partial charge >= 0.3 is 6.18 Å². The molecule has 1 aromatic carbocycles. The smallest absolute Gasteiger partial charge is 0.349 e. The van der Waals surface area contributed by atoms with Crippen LogP contribution in [0.3, 0.4) is 0 Å². The molecular weight excluding hydrogens is 457 g/mol. The number of benzene rings is 1. The second-order valence-corrected chi connectivity index (χ2v) is 8.35. The summed E-state index contributed by atoms with van der Waals surface area (Å²) < 4.78 is 40.4. The van der Waals surface area contributed by atoms with Gasteiger partial charge in [0, 0.05) is 35.2 Å². The molecule has 12 heteroatoms. The monoisotopic (exact) mass is 476 g/mol. The van der Waals surface area contributed by atoms with Crippen molar-refractivity contribution in [3.05, 3.63) is 54.4 Å². The van der Waals surface area contributed by atoms with Crippen molar-refractivity contribution in [3.63, 3.8) is 0 Å². The molecule has 4 rings (SSSR count). The molecular formula is C21H19F3N6O2S. The van der Waals surface area contributed by atoms with Crippen molar-refractivity contribution in [2.24, 2.45) is 0 Å². The molecule has 33 heavy (non-hydrogen) atoms. The zero-order valence-electron chi connectivity index (χ0n) is 17.2. The van der Waals surface area contributed by atoms with Crippen molar-refractivity contribution in [1.29, 1.82) is 0 Å². The number of amides is 2. The standard InChI is InChI=1S/C21H19F3N6O2S/c22-21(23,24)12-30-18(13-6-8-25-9-7-13)28-29-20(30)33-11-17(31)26-16-3-1-2-14(10-16)19(32)27-15-4-5-15/h1-3,6-10,15H,4-5,11-12H2,(H,26,31)(H,27,32). The summed E-state index contributed by atoms with van der Waals surface area (Å²) in [6.07, 6.45) is 0.314. The van der Waals surface area contributed by atoms with E-state index in [2.05, 4.69) is 25.8 Å².